The molecule has 2 N–H and O–H groups in total. The predicted octanol–water partition coefficient (Wildman–Crippen LogP) is 2.53. The van der Waals surface area contributed by atoms with Crippen LogP contribution in [0.4, 0.5) is 0 Å². The minimum absolute atomic E-state index is 0.229. The normalized spacial score (nSPS) is 10.8. The van der Waals surface area contributed by atoms with Crippen molar-refractivity contribution in [3.05, 3.63) is 45.3 Å². The molecule has 0 saturated carbocycles. The van der Waals surface area contributed by atoms with Crippen LogP contribution in [0.2, 0.25) is 5.02 Å². The second-order valence-electron chi connectivity index (χ2n) is 3.68. The van der Waals surface area contributed by atoms with E-state index in [1.54, 1.807) is 18.2 Å². The summed E-state index contributed by atoms with van der Waals surface area (Å²) in [5.74, 6) is 0. The van der Waals surface area contributed by atoms with Gasteiger partial charge in [0, 0.05) is 11.6 Å². The molecule has 2 heterocycles. The molecule has 2 aromatic heterocycles. The Labute approximate surface area is 100 Å². The van der Waals surface area contributed by atoms with E-state index < -0.39 is 0 Å². The first-order chi connectivity index (χ1) is 8.22. The maximum absolute atomic E-state index is 11.8. The first kappa shape index (κ1) is 9.94. The van der Waals surface area contributed by atoms with Crippen molar-refractivity contribution in [2.24, 2.45) is 0 Å². The van der Waals surface area contributed by atoms with Gasteiger partial charge in [-0.3, -0.25) is 4.79 Å². The average Bonchev–Trinajstić information content (AvgIpc) is 2.71. The molecule has 0 radical (unpaired) electrons. The van der Waals surface area contributed by atoms with E-state index in [0.717, 1.165) is 5.39 Å². The van der Waals surface area contributed by atoms with Crippen LogP contribution < -0.4 is 5.56 Å². The lowest BCUT2D eigenvalue weighted by atomic mass is 10.1. The summed E-state index contributed by atoms with van der Waals surface area (Å²) < 4.78 is 0. The predicted molar refractivity (Wildman–Crippen MR) is 66.2 cm³/mol. The molecule has 17 heavy (non-hydrogen) atoms. The number of nitriles is 1. The van der Waals surface area contributed by atoms with Crippen LogP contribution in [-0.2, 0) is 0 Å². The second-order valence-corrected chi connectivity index (χ2v) is 4.09. The molecule has 3 aromatic rings. The number of nitrogens with one attached hydrogen (secondary N) is 2. The standard InChI is InChI=1S/C12H6ClN3O/c13-8-3-1-2-7-9-10(16-11(7)8)6(4-14)5-15-12(9)17/h1-3,5,16H,(H,15,17). The highest BCUT2D eigenvalue weighted by Gasteiger charge is 2.12. The van der Waals surface area contributed by atoms with Crippen molar-refractivity contribution in [1.82, 2.24) is 9.97 Å². The highest BCUT2D eigenvalue weighted by molar-refractivity contribution is 6.36. The third kappa shape index (κ3) is 1.26. The Bertz CT molecular complexity index is 838. The number of fused-ring (bicyclic) bond motifs is 3. The molecule has 4 nitrogen and oxygen atoms in total. The Balaban J connectivity index is 2.70. The molecule has 3 rings (SSSR count). The second kappa shape index (κ2) is 3.37. The van der Waals surface area contributed by atoms with Crippen LogP contribution in [0.5, 0.6) is 0 Å². The summed E-state index contributed by atoms with van der Waals surface area (Å²) >= 11 is 6.05. The van der Waals surface area contributed by atoms with E-state index in [9.17, 15) is 4.79 Å². The molecule has 0 bridgehead atoms. The molecule has 0 aliphatic heterocycles. The van der Waals surface area contributed by atoms with E-state index in [4.69, 9.17) is 16.9 Å². The van der Waals surface area contributed by atoms with Gasteiger partial charge in [-0.2, -0.15) is 5.26 Å². The number of benzene rings is 1. The summed E-state index contributed by atoms with van der Waals surface area (Å²) in [5.41, 5.74) is 1.37. The van der Waals surface area contributed by atoms with E-state index in [0.29, 0.717) is 27.0 Å². The summed E-state index contributed by atoms with van der Waals surface area (Å²) in [5, 5.41) is 10.7. The van der Waals surface area contributed by atoms with Gasteiger partial charge < -0.3 is 9.97 Å². The number of aromatic nitrogens is 2. The zero-order valence-corrected chi connectivity index (χ0v) is 9.30. The molecular weight excluding hydrogens is 238 g/mol. The van der Waals surface area contributed by atoms with Crippen molar-refractivity contribution in [2.45, 2.75) is 0 Å². The minimum atomic E-state index is -0.229. The van der Waals surface area contributed by atoms with Gasteiger partial charge in [-0.1, -0.05) is 23.7 Å². The number of halogens is 1. The molecule has 1 aromatic carbocycles. The van der Waals surface area contributed by atoms with Gasteiger partial charge in [0.1, 0.15) is 6.07 Å². The molecule has 0 aliphatic rings. The van der Waals surface area contributed by atoms with Crippen molar-refractivity contribution in [2.75, 3.05) is 0 Å². The van der Waals surface area contributed by atoms with Crippen LogP contribution in [0.25, 0.3) is 21.8 Å². The first-order valence-electron chi connectivity index (χ1n) is 4.94. The number of hydrogen-bond donors (Lipinski definition) is 2. The maximum atomic E-state index is 11.8. The average molecular weight is 244 g/mol. The Morgan fingerprint density at radius 2 is 2.12 bits per heavy atom. The quantitative estimate of drug-likeness (QED) is 0.637. The number of nitrogens with zero attached hydrogens (tertiary/aromatic N) is 1. The monoisotopic (exact) mass is 243 g/mol. The van der Waals surface area contributed by atoms with Crippen molar-refractivity contribution in [1.29, 1.82) is 5.26 Å². The zero-order chi connectivity index (χ0) is 12.0. The van der Waals surface area contributed by atoms with Crippen LogP contribution in [0.3, 0.4) is 0 Å². The van der Waals surface area contributed by atoms with Gasteiger partial charge in [0.05, 0.1) is 27.0 Å². The highest BCUT2D eigenvalue weighted by Crippen LogP contribution is 2.28. The fourth-order valence-corrected chi connectivity index (χ4v) is 2.21. The molecule has 0 fully saturated rings. The molecule has 0 unspecified atom stereocenters. The van der Waals surface area contributed by atoms with Crippen molar-refractivity contribution < 1.29 is 0 Å². The number of hydrogen-bond acceptors (Lipinski definition) is 2. The van der Waals surface area contributed by atoms with Crippen molar-refractivity contribution in [3.8, 4) is 6.07 Å². The van der Waals surface area contributed by atoms with E-state index in [-0.39, 0.29) is 5.56 Å². The Kier molecular flexibility index (Phi) is 1.97. The maximum Gasteiger partial charge on any atom is 0.258 e. The number of rotatable bonds is 0. The number of H-pyrrole nitrogens is 2. The molecular formula is C12H6ClN3O. The number of para-hydroxylation sites is 1. The van der Waals surface area contributed by atoms with Crippen LogP contribution in [0.15, 0.2) is 29.2 Å². The lowest BCUT2D eigenvalue weighted by molar-refractivity contribution is 1.26. The Morgan fingerprint density at radius 3 is 2.88 bits per heavy atom. The summed E-state index contributed by atoms with van der Waals surface area (Å²) in [6, 6.07) is 7.35. The van der Waals surface area contributed by atoms with E-state index in [1.807, 2.05) is 6.07 Å². The topological polar surface area (TPSA) is 72.4 Å². The lowest BCUT2D eigenvalue weighted by Gasteiger charge is -1.92. The highest BCUT2D eigenvalue weighted by atomic mass is 35.5. The van der Waals surface area contributed by atoms with Gasteiger partial charge >= 0.3 is 0 Å². The Morgan fingerprint density at radius 1 is 1.29 bits per heavy atom. The van der Waals surface area contributed by atoms with Gasteiger partial charge in [0.2, 0.25) is 0 Å². The SMILES string of the molecule is N#Cc1c[nH]c(=O)c2c1[nH]c1c(Cl)cccc12. The molecule has 0 atom stereocenters. The van der Waals surface area contributed by atoms with Gasteiger partial charge in [-0.15, -0.1) is 0 Å². The van der Waals surface area contributed by atoms with Crippen LogP contribution in [-0.4, -0.2) is 9.97 Å². The molecule has 5 heteroatoms. The molecule has 0 aliphatic carbocycles. The number of aromatic amines is 2. The van der Waals surface area contributed by atoms with Gasteiger partial charge in [0.15, 0.2) is 0 Å². The summed E-state index contributed by atoms with van der Waals surface area (Å²) in [7, 11) is 0. The van der Waals surface area contributed by atoms with Gasteiger partial charge in [-0.05, 0) is 6.07 Å². The third-order valence-corrected chi connectivity index (χ3v) is 3.06. The molecule has 0 amide bonds. The fraction of sp³-hybridized carbons (Fsp3) is 0. The Hall–Kier alpha value is -2.25. The smallest absolute Gasteiger partial charge is 0.258 e. The largest absolute Gasteiger partial charge is 0.352 e. The van der Waals surface area contributed by atoms with E-state index in [2.05, 4.69) is 9.97 Å². The lowest BCUT2D eigenvalue weighted by Crippen LogP contribution is -2.05. The van der Waals surface area contributed by atoms with Crippen molar-refractivity contribution in [3.63, 3.8) is 0 Å². The van der Waals surface area contributed by atoms with E-state index >= 15 is 0 Å². The van der Waals surface area contributed by atoms with Crippen molar-refractivity contribution >= 4 is 33.4 Å². The molecule has 0 saturated heterocycles. The minimum Gasteiger partial charge on any atom is -0.352 e. The zero-order valence-electron chi connectivity index (χ0n) is 8.54. The number of pyridine rings is 1. The fourth-order valence-electron chi connectivity index (χ4n) is 1.99. The summed E-state index contributed by atoms with van der Waals surface area (Å²) in [4.78, 5) is 17.4. The van der Waals surface area contributed by atoms with Gasteiger partial charge in [-0.25, -0.2) is 0 Å². The van der Waals surface area contributed by atoms with Crippen LogP contribution in [0, 0.1) is 11.3 Å². The van der Waals surface area contributed by atoms with Gasteiger partial charge in [0.25, 0.3) is 5.56 Å². The van der Waals surface area contributed by atoms with E-state index in [1.165, 1.54) is 6.20 Å². The summed E-state index contributed by atoms with van der Waals surface area (Å²) in [6.07, 6.45) is 1.40. The van der Waals surface area contributed by atoms with Crippen LogP contribution in [0.1, 0.15) is 5.56 Å². The third-order valence-electron chi connectivity index (χ3n) is 2.75. The molecule has 0 spiro atoms. The first-order valence-corrected chi connectivity index (χ1v) is 5.32. The molecule has 82 valence electrons. The van der Waals surface area contributed by atoms with Crippen LogP contribution >= 0.6 is 11.6 Å². The summed E-state index contributed by atoms with van der Waals surface area (Å²) in [6.45, 7) is 0.